The van der Waals surface area contributed by atoms with Gasteiger partial charge < -0.3 is 4.90 Å². The van der Waals surface area contributed by atoms with Crippen LogP contribution in [-0.4, -0.2) is 29.0 Å². The Balaban J connectivity index is 1.53. The second-order valence-corrected chi connectivity index (χ2v) is 6.92. The Morgan fingerprint density at radius 2 is 1.92 bits per heavy atom. The average Bonchev–Trinajstić information content (AvgIpc) is 3.05. The van der Waals surface area contributed by atoms with Gasteiger partial charge in [-0.2, -0.15) is 0 Å². The number of fused-ring (bicyclic) bond motifs is 1. The minimum atomic E-state index is 0.757. The normalized spacial score (nSPS) is 18.3. The first-order chi connectivity index (χ1) is 11.8. The molecule has 2 heterocycles. The molecule has 1 aliphatic rings. The van der Waals surface area contributed by atoms with Gasteiger partial charge in [0.1, 0.15) is 0 Å². The van der Waals surface area contributed by atoms with Gasteiger partial charge in [-0.25, -0.2) is 0 Å². The van der Waals surface area contributed by atoms with Crippen LogP contribution in [0.4, 0.5) is 0 Å². The maximum atomic E-state index is 4.22. The number of pyridine rings is 1. The Labute approximate surface area is 144 Å². The molecular weight excluding hydrogens is 292 g/mol. The van der Waals surface area contributed by atoms with Crippen molar-refractivity contribution in [3.05, 3.63) is 66.5 Å². The molecule has 1 aliphatic heterocycles. The van der Waals surface area contributed by atoms with Crippen LogP contribution in [0, 0.1) is 0 Å². The summed E-state index contributed by atoms with van der Waals surface area (Å²) < 4.78 is 0. The van der Waals surface area contributed by atoms with Gasteiger partial charge in [0, 0.05) is 30.5 Å². The second-order valence-electron chi connectivity index (χ2n) is 6.92. The maximum Gasteiger partial charge on any atom is 0.0346 e. The van der Waals surface area contributed by atoms with Crippen molar-refractivity contribution in [3.63, 3.8) is 0 Å². The number of nitrogens with zero attached hydrogens (tertiary/aromatic N) is 2. The van der Waals surface area contributed by atoms with Crippen LogP contribution < -0.4 is 0 Å². The van der Waals surface area contributed by atoms with E-state index in [4.69, 9.17) is 0 Å². The summed E-state index contributed by atoms with van der Waals surface area (Å²) in [7, 11) is 0. The van der Waals surface area contributed by atoms with E-state index in [1.807, 2.05) is 18.5 Å². The molecule has 0 aliphatic carbocycles. The molecule has 2 aromatic carbocycles. The molecule has 2 nitrogen and oxygen atoms in total. The number of likely N-dealkylation sites (tertiary alicyclic amines) is 1. The first-order valence-electron chi connectivity index (χ1n) is 8.97. The standard InChI is InChI=1S/C22H24N2/c1-17-4-3-12-24(17)13-10-18-6-7-20-15-21(9-8-19(20)14-18)22-5-2-11-23-16-22/h2,5-9,11,14-17H,3-4,10,12-13H2,1H3/t17-/m0/s1. The molecule has 0 unspecified atom stereocenters. The monoisotopic (exact) mass is 316 g/mol. The fourth-order valence-electron chi connectivity index (χ4n) is 3.76. The SMILES string of the molecule is C[C@H]1CCCN1CCc1ccc2cc(-c3cccnc3)ccc2c1. The van der Waals surface area contributed by atoms with Gasteiger partial charge in [-0.05, 0) is 66.8 Å². The Bertz CT molecular complexity index is 826. The van der Waals surface area contributed by atoms with Crippen LogP contribution in [0.5, 0.6) is 0 Å². The molecule has 0 bridgehead atoms. The molecule has 2 heteroatoms. The van der Waals surface area contributed by atoms with Gasteiger partial charge in [-0.15, -0.1) is 0 Å². The Morgan fingerprint density at radius 3 is 2.71 bits per heavy atom. The lowest BCUT2D eigenvalue weighted by Gasteiger charge is -2.20. The molecule has 0 saturated carbocycles. The number of aromatic nitrogens is 1. The van der Waals surface area contributed by atoms with Crippen LogP contribution in [0.15, 0.2) is 60.9 Å². The topological polar surface area (TPSA) is 16.1 Å². The van der Waals surface area contributed by atoms with Crippen molar-refractivity contribution in [3.8, 4) is 11.1 Å². The van der Waals surface area contributed by atoms with E-state index < -0.39 is 0 Å². The average molecular weight is 316 g/mol. The van der Waals surface area contributed by atoms with Crippen molar-refractivity contribution in [2.24, 2.45) is 0 Å². The van der Waals surface area contributed by atoms with E-state index in [9.17, 15) is 0 Å². The van der Waals surface area contributed by atoms with Crippen LogP contribution in [0.2, 0.25) is 0 Å². The van der Waals surface area contributed by atoms with E-state index in [1.165, 1.54) is 53.4 Å². The summed E-state index contributed by atoms with van der Waals surface area (Å²) in [6.45, 7) is 4.80. The highest BCUT2D eigenvalue weighted by molar-refractivity contribution is 5.87. The fraction of sp³-hybridized carbons (Fsp3) is 0.318. The molecule has 3 aromatic rings. The first-order valence-corrected chi connectivity index (χ1v) is 8.97. The zero-order chi connectivity index (χ0) is 16.4. The van der Waals surface area contributed by atoms with Crippen LogP contribution in [0.1, 0.15) is 25.3 Å². The molecule has 1 saturated heterocycles. The summed E-state index contributed by atoms with van der Waals surface area (Å²) >= 11 is 0. The number of hydrogen-bond donors (Lipinski definition) is 0. The summed E-state index contributed by atoms with van der Waals surface area (Å²) in [4.78, 5) is 6.84. The summed E-state index contributed by atoms with van der Waals surface area (Å²) in [6, 6.07) is 18.5. The van der Waals surface area contributed by atoms with Crippen molar-refractivity contribution in [1.82, 2.24) is 9.88 Å². The first kappa shape index (κ1) is 15.3. The molecule has 4 rings (SSSR count). The Hall–Kier alpha value is -2.19. The van der Waals surface area contributed by atoms with Crippen molar-refractivity contribution >= 4 is 10.8 Å². The van der Waals surface area contributed by atoms with Gasteiger partial charge in [-0.3, -0.25) is 4.98 Å². The van der Waals surface area contributed by atoms with E-state index in [0.717, 1.165) is 12.5 Å². The van der Waals surface area contributed by atoms with Gasteiger partial charge in [-0.1, -0.05) is 36.4 Å². The smallest absolute Gasteiger partial charge is 0.0346 e. The van der Waals surface area contributed by atoms with Gasteiger partial charge in [0.2, 0.25) is 0 Å². The second kappa shape index (κ2) is 6.74. The van der Waals surface area contributed by atoms with Crippen LogP contribution in [-0.2, 0) is 6.42 Å². The summed E-state index contributed by atoms with van der Waals surface area (Å²) in [5.41, 5.74) is 3.84. The van der Waals surface area contributed by atoms with E-state index in [2.05, 4.69) is 59.3 Å². The van der Waals surface area contributed by atoms with E-state index >= 15 is 0 Å². The molecule has 24 heavy (non-hydrogen) atoms. The summed E-state index contributed by atoms with van der Waals surface area (Å²) in [5.74, 6) is 0. The summed E-state index contributed by atoms with van der Waals surface area (Å²) in [5, 5.41) is 2.63. The number of rotatable bonds is 4. The minimum absolute atomic E-state index is 0.757. The Kier molecular flexibility index (Phi) is 4.31. The maximum absolute atomic E-state index is 4.22. The highest BCUT2D eigenvalue weighted by Crippen LogP contribution is 2.25. The van der Waals surface area contributed by atoms with Crippen molar-refractivity contribution in [2.75, 3.05) is 13.1 Å². The number of hydrogen-bond acceptors (Lipinski definition) is 2. The predicted molar refractivity (Wildman–Crippen MR) is 101 cm³/mol. The predicted octanol–water partition coefficient (Wildman–Crippen LogP) is 4.93. The Morgan fingerprint density at radius 1 is 1.04 bits per heavy atom. The lowest BCUT2D eigenvalue weighted by Crippen LogP contribution is -2.28. The van der Waals surface area contributed by atoms with Crippen LogP contribution in [0.3, 0.4) is 0 Å². The summed E-state index contributed by atoms with van der Waals surface area (Å²) in [6.07, 6.45) is 7.60. The minimum Gasteiger partial charge on any atom is -0.300 e. The lowest BCUT2D eigenvalue weighted by atomic mass is 10.00. The molecule has 0 spiro atoms. The van der Waals surface area contributed by atoms with E-state index in [-0.39, 0.29) is 0 Å². The number of benzene rings is 2. The van der Waals surface area contributed by atoms with Gasteiger partial charge in [0.05, 0.1) is 0 Å². The third kappa shape index (κ3) is 3.20. The molecule has 1 atom stereocenters. The zero-order valence-electron chi connectivity index (χ0n) is 14.3. The zero-order valence-corrected chi connectivity index (χ0v) is 14.3. The van der Waals surface area contributed by atoms with Gasteiger partial charge in [0.25, 0.3) is 0 Å². The highest BCUT2D eigenvalue weighted by Gasteiger charge is 2.19. The van der Waals surface area contributed by atoms with Crippen LogP contribution in [0.25, 0.3) is 21.9 Å². The van der Waals surface area contributed by atoms with Gasteiger partial charge in [0.15, 0.2) is 0 Å². The third-order valence-electron chi connectivity index (χ3n) is 5.28. The van der Waals surface area contributed by atoms with E-state index in [0.29, 0.717) is 0 Å². The van der Waals surface area contributed by atoms with Gasteiger partial charge >= 0.3 is 0 Å². The molecule has 122 valence electrons. The quantitative estimate of drug-likeness (QED) is 0.678. The molecular formula is C22H24N2. The van der Waals surface area contributed by atoms with E-state index in [1.54, 1.807) is 0 Å². The third-order valence-corrected chi connectivity index (χ3v) is 5.28. The van der Waals surface area contributed by atoms with Crippen molar-refractivity contribution < 1.29 is 0 Å². The molecule has 1 fully saturated rings. The van der Waals surface area contributed by atoms with Crippen molar-refractivity contribution in [2.45, 2.75) is 32.2 Å². The van der Waals surface area contributed by atoms with Crippen LogP contribution >= 0.6 is 0 Å². The molecule has 0 radical (unpaired) electrons. The lowest BCUT2D eigenvalue weighted by molar-refractivity contribution is 0.272. The molecule has 0 N–H and O–H groups in total. The molecule has 1 aromatic heterocycles. The van der Waals surface area contributed by atoms with Crippen molar-refractivity contribution in [1.29, 1.82) is 0 Å². The highest BCUT2D eigenvalue weighted by atomic mass is 15.2. The fourth-order valence-corrected chi connectivity index (χ4v) is 3.76. The largest absolute Gasteiger partial charge is 0.300 e. The molecule has 0 amide bonds.